The van der Waals surface area contributed by atoms with Crippen LogP contribution in [0.2, 0.25) is 5.02 Å². The maximum atomic E-state index is 12.2. The predicted octanol–water partition coefficient (Wildman–Crippen LogP) is 4.75. The van der Waals surface area contributed by atoms with E-state index >= 15 is 0 Å². The van der Waals surface area contributed by atoms with Crippen molar-refractivity contribution in [2.75, 3.05) is 0 Å². The fourth-order valence-corrected chi connectivity index (χ4v) is 2.01. The van der Waals surface area contributed by atoms with E-state index in [1.165, 1.54) is 0 Å². The zero-order valence-electron chi connectivity index (χ0n) is 12.0. The zero-order chi connectivity index (χ0) is 16.1. The molecule has 0 saturated heterocycles. The van der Waals surface area contributed by atoms with Crippen LogP contribution in [0.15, 0.2) is 72.9 Å². The largest absolute Gasteiger partial charge is 0.435 e. The number of ether oxygens (including phenoxy) is 2. The molecule has 0 aliphatic heterocycles. The second kappa shape index (κ2) is 6.94. The molecule has 1 heterocycles. The van der Waals surface area contributed by atoms with Crippen molar-refractivity contribution in [1.82, 2.24) is 4.98 Å². The Kier molecular flexibility index (Phi) is 4.54. The maximum absolute atomic E-state index is 12.2. The van der Waals surface area contributed by atoms with E-state index in [4.69, 9.17) is 21.1 Å². The van der Waals surface area contributed by atoms with Gasteiger partial charge in [-0.2, -0.15) is 0 Å². The Hall–Kier alpha value is -2.85. The fraction of sp³-hybridized carbons (Fsp3) is 0. The molecule has 0 N–H and O–H groups in total. The van der Waals surface area contributed by atoms with Gasteiger partial charge in [-0.3, -0.25) is 0 Å². The van der Waals surface area contributed by atoms with Gasteiger partial charge in [0.15, 0.2) is 11.5 Å². The van der Waals surface area contributed by atoms with Gasteiger partial charge < -0.3 is 9.47 Å². The van der Waals surface area contributed by atoms with Crippen molar-refractivity contribution in [3.05, 3.63) is 83.5 Å². The van der Waals surface area contributed by atoms with Gasteiger partial charge in [0.2, 0.25) is 5.88 Å². The molecule has 5 heteroatoms. The van der Waals surface area contributed by atoms with Gasteiger partial charge in [0.05, 0.1) is 5.56 Å². The van der Waals surface area contributed by atoms with Crippen molar-refractivity contribution in [2.24, 2.45) is 0 Å². The molecule has 0 unspecified atom stereocenters. The monoisotopic (exact) mass is 325 g/mol. The molecule has 0 radical (unpaired) electrons. The van der Waals surface area contributed by atoms with E-state index in [2.05, 4.69) is 4.98 Å². The number of nitrogens with zero attached hydrogens (tertiary/aromatic N) is 1. The zero-order valence-corrected chi connectivity index (χ0v) is 12.7. The minimum absolute atomic E-state index is 0.318. The van der Waals surface area contributed by atoms with Crippen LogP contribution in [0.25, 0.3) is 0 Å². The van der Waals surface area contributed by atoms with E-state index in [-0.39, 0.29) is 0 Å². The molecule has 2 aromatic carbocycles. The first kappa shape index (κ1) is 15.1. The molecule has 0 aliphatic carbocycles. The number of esters is 1. The second-order valence-electron chi connectivity index (χ2n) is 4.61. The van der Waals surface area contributed by atoms with Crippen LogP contribution in [-0.2, 0) is 0 Å². The molecule has 3 rings (SSSR count). The van der Waals surface area contributed by atoms with Crippen LogP contribution >= 0.6 is 11.6 Å². The van der Waals surface area contributed by atoms with E-state index in [1.807, 2.05) is 6.07 Å². The van der Waals surface area contributed by atoms with Crippen LogP contribution in [0.4, 0.5) is 0 Å². The first-order valence-corrected chi connectivity index (χ1v) is 7.26. The van der Waals surface area contributed by atoms with Gasteiger partial charge in [-0.1, -0.05) is 29.8 Å². The minimum atomic E-state index is -0.487. The van der Waals surface area contributed by atoms with E-state index < -0.39 is 5.97 Å². The molecular weight excluding hydrogens is 314 g/mol. The quantitative estimate of drug-likeness (QED) is 0.513. The summed E-state index contributed by atoms with van der Waals surface area (Å²) in [6.07, 6.45) is 1.62. The maximum Gasteiger partial charge on any atom is 0.343 e. The number of para-hydroxylation sites is 2. The van der Waals surface area contributed by atoms with Gasteiger partial charge in [0, 0.05) is 17.3 Å². The number of pyridine rings is 1. The summed E-state index contributed by atoms with van der Waals surface area (Å²) in [6.45, 7) is 0. The van der Waals surface area contributed by atoms with Gasteiger partial charge in [-0.05, 0) is 42.5 Å². The lowest BCUT2D eigenvalue weighted by Gasteiger charge is -2.10. The molecule has 0 amide bonds. The molecule has 0 spiro atoms. The molecule has 1 aromatic heterocycles. The summed E-state index contributed by atoms with van der Waals surface area (Å²) >= 11 is 5.81. The Morgan fingerprint density at radius 2 is 1.57 bits per heavy atom. The third-order valence-electron chi connectivity index (χ3n) is 2.98. The van der Waals surface area contributed by atoms with Gasteiger partial charge in [0.1, 0.15) is 0 Å². The predicted molar refractivity (Wildman–Crippen MR) is 87.2 cm³/mol. The number of hydrogen-bond acceptors (Lipinski definition) is 4. The molecule has 0 fully saturated rings. The van der Waals surface area contributed by atoms with Crippen molar-refractivity contribution in [3.8, 4) is 17.4 Å². The van der Waals surface area contributed by atoms with Gasteiger partial charge in [-0.25, -0.2) is 9.78 Å². The summed E-state index contributed by atoms with van der Waals surface area (Å²) in [6, 6.07) is 18.7. The average Bonchev–Trinajstić information content (AvgIpc) is 2.58. The Labute approximate surface area is 138 Å². The molecule has 3 aromatic rings. The normalized spacial score (nSPS) is 10.1. The molecular formula is C18H12ClNO3. The molecule has 0 saturated carbocycles. The van der Waals surface area contributed by atoms with E-state index in [1.54, 1.807) is 66.9 Å². The van der Waals surface area contributed by atoms with Crippen molar-refractivity contribution >= 4 is 17.6 Å². The molecule has 0 aliphatic rings. The summed E-state index contributed by atoms with van der Waals surface area (Å²) < 4.78 is 11.1. The third kappa shape index (κ3) is 3.87. The van der Waals surface area contributed by atoms with E-state index in [0.29, 0.717) is 28.0 Å². The Morgan fingerprint density at radius 3 is 2.26 bits per heavy atom. The van der Waals surface area contributed by atoms with Gasteiger partial charge in [-0.15, -0.1) is 0 Å². The van der Waals surface area contributed by atoms with E-state index in [0.717, 1.165) is 0 Å². The van der Waals surface area contributed by atoms with Gasteiger partial charge >= 0.3 is 5.97 Å². The van der Waals surface area contributed by atoms with Crippen LogP contribution in [-0.4, -0.2) is 11.0 Å². The van der Waals surface area contributed by atoms with Crippen molar-refractivity contribution in [2.45, 2.75) is 0 Å². The Bertz CT molecular complexity index is 804. The number of carbonyl (C=O) groups is 1. The summed E-state index contributed by atoms with van der Waals surface area (Å²) in [5, 5.41) is 0.556. The average molecular weight is 326 g/mol. The number of rotatable bonds is 4. The Morgan fingerprint density at radius 1 is 0.870 bits per heavy atom. The number of halogens is 1. The lowest BCUT2D eigenvalue weighted by Crippen LogP contribution is -2.09. The lowest BCUT2D eigenvalue weighted by molar-refractivity contribution is 0.0730. The highest BCUT2D eigenvalue weighted by atomic mass is 35.5. The van der Waals surface area contributed by atoms with Crippen LogP contribution in [0.5, 0.6) is 17.4 Å². The van der Waals surface area contributed by atoms with Gasteiger partial charge in [0.25, 0.3) is 0 Å². The van der Waals surface area contributed by atoms with Crippen molar-refractivity contribution in [3.63, 3.8) is 0 Å². The number of benzene rings is 2. The fourth-order valence-electron chi connectivity index (χ4n) is 1.88. The molecule has 114 valence electrons. The standard InChI is InChI=1S/C18H12ClNO3/c19-14-10-8-13(9-11-14)18(21)23-16-6-2-1-5-15(16)22-17-7-3-4-12-20-17/h1-12H. The number of hydrogen-bond donors (Lipinski definition) is 0. The summed E-state index contributed by atoms with van der Waals surface area (Å²) in [5.41, 5.74) is 0.405. The van der Waals surface area contributed by atoms with E-state index in [9.17, 15) is 4.79 Å². The summed E-state index contributed by atoms with van der Waals surface area (Å²) in [4.78, 5) is 16.3. The minimum Gasteiger partial charge on any atom is -0.435 e. The highest BCUT2D eigenvalue weighted by Gasteiger charge is 2.13. The topological polar surface area (TPSA) is 48.4 Å². The lowest BCUT2D eigenvalue weighted by atomic mass is 10.2. The first-order chi connectivity index (χ1) is 11.2. The first-order valence-electron chi connectivity index (χ1n) is 6.88. The number of carbonyl (C=O) groups excluding carboxylic acids is 1. The van der Waals surface area contributed by atoms with Crippen LogP contribution < -0.4 is 9.47 Å². The third-order valence-corrected chi connectivity index (χ3v) is 3.24. The summed E-state index contributed by atoms with van der Waals surface area (Å²) in [5.74, 6) is 0.660. The SMILES string of the molecule is O=C(Oc1ccccc1Oc1ccccn1)c1ccc(Cl)cc1. The van der Waals surface area contributed by atoms with Crippen LogP contribution in [0, 0.1) is 0 Å². The van der Waals surface area contributed by atoms with Crippen molar-refractivity contribution in [1.29, 1.82) is 0 Å². The molecule has 4 nitrogen and oxygen atoms in total. The van der Waals surface area contributed by atoms with Crippen LogP contribution in [0.3, 0.4) is 0 Å². The second-order valence-corrected chi connectivity index (χ2v) is 5.05. The van der Waals surface area contributed by atoms with Crippen molar-refractivity contribution < 1.29 is 14.3 Å². The molecule has 0 atom stereocenters. The number of aromatic nitrogens is 1. The highest BCUT2D eigenvalue weighted by Crippen LogP contribution is 2.30. The molecule has 0 bridgehead atoms. The smallest absolute Gasteiger partial charge is 0.343 e. The Balaban J connectivity index is 1.80. The molecule has 23 heavy (non-hydrogen) atoms. The van der Waals surface area contributed by atoms with Crippen LogP contribution in [0.1, 0.15) is 10.4 Å². The summed E-state index contributed by atoms with van der Waals surface area (Å²) in [7, 11) is 0. The highest BCUT2D eigenvalue weighted by molar-refractivity contribution is 6.30.